The van der Waals surface area contributed by atoms with Crippen LogP contribution in [0.25, 0.3) is 10.8 Å². The van der Waals surface area contributed by atoms with E-state index < -0.39 is 30.3 Å². The van der Waals surface area contributed by atoms with Crippen LogP contribution in [-0.4, -0.2) is 41.0 Å². The molecular formula is C21H24O6. The number of carboxylic acids is 1. The van der Waals surface area contributed by atoms with Crippen LogP contribution in [0.3, 0.4) is 0 Å². The van der Waals surface area contributed by atoms with Gasteiger partial charge in [-0.15, -0.1) is 0 Å². The molecule has 6 heteroatoms. The summed E-state index contributed by atoms with van der Waals surface area (Å²) in [4.78, 5) is 23.4. The largest absolute Gasteiger partial charge is 0.479 e. The van der Waals surface area contributed by atoms with Crippen molar-refractivity contribution in [2.24, 2.45) is 0 Å². The number of rotatable bonds is 9. The van der Waals surface area contributed by atoms with Crippen LogP contribution in [0.5, 0.6) is 0 Å². The van der Waals surface area contributed by atoms with E-state index in [0.29, 0.717) is 6.42 Å². The number of carbonyl (C=O) groups excluding carboxylic acids is 1. The van der Waals surface area contributed by atoms with Crippen LogP contribution < -0.4 is 0 Å². The van der Waals surface area contributed by atoms with Crippen LogP contribution >= 0.6 is 0 Å². The quantitative estimate of drug-likeness (QED) is 0.518. The van der Waals surface area contributed by atoms with E-state index in [9.17, 15) is 19.8 Å². The maximum atomic E-state index is 11.8. The van der Waals surface area contributed by atoms with Crippen LogP contribution in [0.15, 0.2) is 54.6 Å². The van der Waals surface area contributed by atoms with Gasteiger partial charge in [0.2, 0.25) is 0 Å². The molecule has 1 unspecified atom stereocenters. The second-order valence-corrected chi connectivity index (χ2v) is 5.99. The van der Waals surface area contributed by atoms with Crippen molar-refractivity contribution in [3.8, 4) is 0 Å². The third-order valence-electron chi connectivity index (χ3n) is 4.10. The fraction of sp³-hybridized carbons (Fsp3) is 0.333. The Kier molecular flexibility index (Phi) is 7.52. The number of ether oxygens (including phenoxy) is 2. The number of benzene rings is 2. The fourth-order valence-corrected chi connectivity index (χ4v) is 2.73. The molecule has 0 aliphatic rings. The van der Waals surface area contributed by atoms with E-state index in [1.807, 2.05) is 61.5 Å². The van der Waals surface area contributed by atoms with E-state index >= 15 is 0 Å². The lowest BCUT2D eigenvalue weighted by atomic mass is 10.0. The highest BCUT2D eigenvalue weighted by Gasteiger charge is 2.36. The van der Waals surface area contributed by atoms with E-state index in [2.05, 4.69) is 0 Å². The van der Waals surface area contributed by atoms with Crippen molar-refractivity contribution in [1.82, 2.24) is 0 Å². The molecule has 2 aromatic carbocycles. The number of carboxylic acid groups (broad SMARTS) is 1. The number of hydrogen-bond acceptors (Lipinski definition) is 5. The molecule has 0 radical (unpaired) electrons. The van der Waals surface area contributed by atoms with Crippen LogP contribution in [-0.2, 0) is 19.1 Å². The van der Waals surface area contributed by atoms with Crippen molar-refractivity contribution >= 4 is 22.7 Å². The Morgan fingerprint density at radius 2 is 1.85 bits per heavy atom. The maximum Gasteiger partial charge on any atom is 0.338 e. The zero-order valence-electron chi connectivity index (χ0n) is 15.4. The Morgan fingerprint density at radius 3 is 2.48 bits per heavy atom. The van der Waals surface area contributed by atoms with Crippen LogP contribution in [0, 0.1) is 0 Å². The highest BCUT2D eigenvalue weighted by atomic mass is 16.6. The minimum atomic E-state index is -1.91. The predicted octanol–water partition coefficient (Wildman–Crippen LogP) is 3.24. The zero-order valence-corrected chi connectivity index (χ0v) is 15.4. The Bertz CT molecular complexity index is 813. The first kappa shape index (κ1) is 20.6. The van der Waals surface area contributed by atoms with Gasteiger partial charge in [0.1, 0.15) is 0 Å². The Hall–Kier alpha value is -2.70. The second-order valence-electron chi connectivity index (χ2n) is 5.99. The first-order valence-electron chi connectivity index (χ1n) is 8.80. The Morgan fingerprint density at radius 1 is 1.15 bits per heavy atom. The molecule has 27 heavy (non-hydrogen) atoms. The number of fused-ring (bicyclic) bond motifs is 1. The van der Waals surface area contributed by atoms with E-state index in [1.54, 1.807) is 6.92 Å². The molecule has 0 aliphatic carbocycles. The van der Waals surface area contributed by atoms with Crippen LogP contribution in [0.2, 0.25) is 0 Å². The molecule has 0 fully saturated rings. The van der Waals surface area contributed by atoms with Gasteiger partial charge < -0.3 is 19.7 Å². The number of aliphatic hydroxyl groups excluding tert-OH is 1. The average molecular weight is 372 g/mol. The summed E-state index contributed by atoms with van der Waals surface area (Å²) in [6.45, 7) is 3.46. The molecule has 0 spiro atoms. The number of aliphatic hydroxyl groups is 1. The van der Waals surface area contributed by atoms with Gasteiger partial charge in [-0.1, -0.05) is 48.6 Å². The van der Waals surface area contributed by atoms with E-state index in [1.165, 1.54) is 0 Å². The van der Waals surface area contributed by atoms with Gasteiger partial charge in [-0.3, -0.25) is 0 Å². The normalized spacial score (nSPS) is 14.8. The summed E-state index contributed by atoms with van der Waals surface area (Å²) >= 11 is 0. The standard InChI is InChI=1S/C21H24O6/c1-3-5-10-17(16-12-11-14-8-6-7-9-15(14)13-16)27-19(20(23)24)18(22)21(25)26-4-2/h3,5-9,11-13,17-19,22H,4,10H2,1-2H3,(H,23,24)/t17?,18-,19-/m1/s1. The first-order chi connectivity index (χ1) is 13.0. The van der Waals surface area contributed by atoms with Crippen LogP contribution in [0.4, 0.5) is 0 Å². The summed E-state index contributed by atoms with van der Waals surface area (Å²) in [5.74, 6) is -2.45. The third kappa shape index (κ3) is 5.39. The lowest BCUT2D eigenvalue weighted by Crippen LogP contribution is -2.43. The lowest BCUT2D eigenvalue weighted by molar-refractivity contribution is -0.179. The van der Waals surface area contributed by atoms with Gasteiger partial charge in [0.05, 0.1) is 12.7 Å². The summed E-state index contributed by atoms with van der Waals surface area (Å²) in [7, 11) is 0. The van der Waals surface area contributed by atoms with E-state index in [-0.39, 0.29) is 6.61 Å². The molecule has 2 rings (SSSR count). The van der Waals surface area contributed by atoms with Gasteiger partial charge in [-0.05, 0) is 42.7 Å². The summed E-state index contributed by atoms with van der Waals surface area (Å²) in [5.41, 5.74) is 0.758. The van der Waals surface area contributed by atoms with Gasteiger partial charge >= 0.3 is 11.9 Å². The minimum absolute atomic E-state index is 0.0366. The van der Waals surface area contributed by atoms with Gasteiger partial charge in [-0.2, -0.15) is 0 Å². The molecule has 0 saturated carbocycles. The predicted molar refractivity (Wildman–Crippen MR) is 101 cm³/mol. The van der Waals surface area contributed by atoms with Gasteiger partial charge in [0.25, 0.3) is 0 Å². The maximum absolute atomic E-state index is 11.8. The van der Waals surface area contributed by atoms with Crippen molar-refractivity contribution in [3.05, 3.63) is 60.2 Å². The summed E-state index contributed by atoms with van der Waals surface area (Å²) in [6, 6.07) is 13.5. The topological polar surface area (TPSA) is 93.1 Å². The molecule has 3 atom stereocenters. The minimum Gasteiger partial charge on any atom is -0.479 e. The number of carbonyl (C=O) groups is 2. The lowest BCUT2D eigenvalue weighted by Gasteiger charge is -2.24. The highest BCUT2D eigenvalue weighted by molar-refractivity contribution is 5.85. The van der Waals surface area contributed by atoms with Gasteiger partial charge in [0.15, 0.2) is 12.2 Å². The van der Waals surface area contributed by atoms with Gasteiger partial charge in [0, 0.05) is 0 Å². The number of aliphatic carboxylic acids is 1. The molecule has 0 heterocycles. The van der Waals surface area contributed by atoms with Crippen LogP contribution in [0.1, 0.15) is 31.9 Å². The highest BCUT2D eigenvalue weighted by Crippen LogP contribution is 2.28. The van der Waals surface area contributed by atoms with Gasteiger partial charge in [-0.25, -0.2) is 9.59 Å². The smallest absolute Gasteiger partial charge is 0.338 e. The summed E-state index contributed by atoms with van der Waals surface area (Å²) in [5, 5.41) is 21.6. The monoisotopic (exact) mass is 372 g/mol. The third-order valence-corrected chi connectivity index (χ3v) is 4.10. The molecule has 0 saturated heterocycles. The molecule has 0 bridgehead atoms. The van der Waals surface area contributed by atoms with E-state index in [0.717, 1.165) is 16.3 Å². The summed E-state index contributed by atoms with van der Waals surface area (Å²) < 4.78 is 10.4. The second kappa shape index (κ2) is 9.85. The molecule has 2 N–H and O–H groups in total. The molecule has 0 aromatic heterocycles. The first-order valence-corrected chi connectivity index (χ1v) is 8.80. The van der Waals surface area contributed by atoms with Crippen molar-refractivity contribution < 1.29 is 29.3 Å². The molecule has 0 aliphatic heterocycles. The number of esters is 1. The summed E-state index contributed by atoms with van der Waals surface area (Å²) in [6.07, 6.45) is -0.212. The van der Waals surface area contributed by atoms with Crippen molar-refractivity contribution in [2.75, 3.05) is 6.61 Å². The molecule has 0 amide bonds. The van der Waals surface area contributed by atoms with E-state index in [4.69, 9.17) is 9.47 Å². The van der Waals surface area contributed by atoms with Crippen molar-refractivity contribution in [3.63, 3.8) is 0 Å². The number of hydrogen-bond donors (Lipinski definition) is 2. The molecule has 2 aromatic rings. The Labute approximate surface area is 158 Å². The Balaban J connectivity index is 2.32. The SMILES string of the molecule is CC=CCC(O[C@@H](C(=O)O)[C@@H](O)C(=O)OCC)c1ccc2ccccc2c1. The fourth-order valence-electron chi connectivity index (χ4n) is 2.73. The molecular weight excluding hydrogens is 348 g/mol. The zero-order chi connectivity index (χ0) is 19.8. The average Bonchev–Trinajstić information content (AvgIpc) is 2.67. The van der Waals surface area contributed by atoms with Crippen molar-refractivity contribution in [1.29, 1.82) is 0 Å². The molecule has 144 valence electrons. The van der Waals surface area contributed by atoms with Crippen molar-refractivity contribution in [2.45, 2.75) is 38.6 Å². The number of allylic oxidation sites excluding steroid dienone is 1. The molecule has 6 nitrogen and oxygen atoms in total.